The lowest BCUT2D eigenvalue weighted by Crippen LogP contribution is -2.30. The van der Waals surface area contributed by atoms with Crippen LogP contribution < -0.4 is 0 Å². The van der Waals surface area contributed by atoms with Crippen LogP contribution in [0, 0.1) is 0 Å². The predicted octanol–water partition coefficient (Wildman–Crippen LogP) is 21.5. The molecule has 0 spiro atoms. The van der Waals surface area contributed by atoms with Gasteiger partial charge in [-0.1, -0.05) is 292 Å². The lowest BCUT2D eigenvalue weighted by Gasteiger charge is -2.18. The molecule has 1 unspecified atom stereocenters. The molecule has 6 nitrogen and oxygen atoms in total. The van der Waals surface area contributed by atoms with Gasteiger partial charge in [-0.3, -0.25) is 14.4 Å². The van der Waals surface area contributed by atoms with Crippen molar-refractivity contribution in [2.45, 2.75) is 316 Å². The molecular formula is C68H118O6. The molecule has 1 atom stereocenters. The van der Waals surface area contributed by atoms with Gasteiger partial charge in [-0.05, 0) is 83.5 Å². The predicted molar refractivity (Wildman–Crippen MR) is 321 cm³/mol. The molecule has 0 aliphatic heterocycles. The minimum Gasteiger partial charge on any atom is -0.462 e. The van der Waals surface area contributed by atoms with Crippen molar-refractivity contribution >= 4 is 17.9 Å². The average molecular weight is 1030 g/mol. The van der Waals surface area contributed by atoms with Crippen LogP contribution >= 0.6 is 0 Å². The van der Waals surface area contributed by atoms with Gasteiger partial charge < -0.3 is 14.2 Å². The molecule has 0 aromatic rings. The molecule has 0 aromatic carbocycles. The van der Waals surface area contributed by atoms with Crippen LogP contribution in [0.1, 0.15) is 310 Å². The van der Waals surface area contributed by atoms with Crippen LogP contribution in [0.4, 0.5) is 0 Å². The second kappa shape index (κ2) is 62.1. The minimum absolute atomic E-state index is 0.104. The Kier molecular flexibility index (Phi) is 59.3. The molecule has 0 aliphatic rings. The van der Waals surface area contributed by atoms with Crippen molar-refractivity contribution in [2.75, 3.05) is 13.2 Å². The third-order valence-electron chi connectivity index (χ3n) is 13.6. The molecule has 0 rings (SSSR count). The fourth-order valence-corrected chi connectivity index (χ4v) is 8.94. The van der Waals surface area contributed by atoms with Crippen molar-refractivity contribution in [1.82, 2.24) is 0 Å². The summed E-state index contributed by atoms with van der Waals surface area (Å²) in [7, 11) is 0. The van der Waals surface area contributed by atoms with Crippen LogP contribution in [0.15, 0.2) is 85.1 Å². The summed E-state index contributed by atoms with van der Waals surface area (Å²) >= 11 is 0. The van der Waals surface area contributed by atoms with E-state index in [1.807, 2.05) is 6.08 Å². The Morgan fingerprint density at radius 1 is 0.284 bits per heavy atom. The molecule has 0 radical (unpaired) electrons. The van der Waals surface area contributed by atoms with Gasteiger partial charge in [-0.15, -0.1) is 0 Å². The molecule has 0 amide bonds. The number of allylic oxidation sites excluding steroid dienone is 14. The van der Waals surface area contributed by atoms with Crippen LogP contribution in [0.25, 0.3) is 0 Å². The van der Waals surface area contributed by atoms with E-state index in [9.17, 15) is 14.4 Å². The van der Waals surface area contributed by atoms with Crippen molar-refractivity contribution in [2.24, 2.45) is 0 Å². The quantitative estimate of drug-likeness (QED) is 0.0261. The van der Waals surface area contributed by atoms with Crippen LogP contribution in [0.3, 0.4) is 0 Å². The monoisotopic (exact) mass is 1030 g/mol. The smallest absolute Gasteiger partial charge is 0.306 e. The zero-order valence-electron chi connectivity index (χ0n) is 48.8. The van der Waals surface area contributed by atoms with Crippen molar-refractivity contribution in [3.05, 3.63) is 85.1 Å². The van der Waals surface area contributed by atoms with Crippen molar-refractivity contribution in [1.29, 1.82) is 0 Å². The third-order valence-corrected chi connectivity index (χ3v) is 13.6. The standard InChI is InChI=1S/C68H118O6/c1-4-7-10-13-16-19-22-25-27-29-31-32-33-34-35-36-38-39-41-43-46-49-52-55-58-61-67(70)73-64-65(63-72-66(69)60-57-54-51-48-45-24-21-18-15-12-9-6-3)74-68(71)62-59-56-53-50-47-44-42-40-37-30-28-26-23-20-17-14-11-8-5-2/h8,11,17,20,26,28-29,31,37,40,44,47,53,56,65H,4-7,9-10,12-16,18-19,21-25,27,30,32-36,38-39,41-43,45-46,48-52,54-55,57-64H2,1-3H3/b11-8-,20-17-,28-26-,31-29-,40-37-,47-44-,56-53-. The topological polar surface area (TPSA) is 78.9 Å². The molecule has 426 valence electrons. The first-order valence-electron chi connectivity index (χ1n) is 31.6. The number of ether oxygens (including phenoxy) is 3. The Morgan fingerprint density at radius 3 is 0.878 bits per heavy atom. The maximum Gasteiger partial charge on any atom is 0.306 e. The lowest BCUT2D eigenvalue weighted by molar-refractivity contribution is -0.166. The molecule has 0 aliphatic carbocycles. The molecule has 0 heterocycles. The van der Waals surface area contributed by atoms with Gasteiger partial charge in [0.25, 0.3) is 0 Å². The summed E-state index contributed by atoms with van der Waals surface area (Å²) in [6.45, 7) is 6.49. The van der Waals surface area contributed by atoms with E-state index in [1.165, 1.54) is 186 Å². The summed E-state index contributed by atoms with van der Waals surface area (Å²) in [4.78, 5) is 38.2. The molecule has 0 fully saturated rings. The van der Waals surface area contributed by atoms with Crippen molar-refractivity contribution in [3.63, 3.8) is 0 Å². The van der Waals surface area contributed by atoms with Gasteiger partial charge >= 0.3 is 17.9 Å². The van der Waals surface area contributed by atoms with E-state index < -0.39 is 6.10 Å². The summed E-state index contributed by atoms with van der Waals surface area (Å²) in [6.07, 6.45) is 81.8. The Hall–Kier alpha value is -3.41. The fourth-order valence-electron chi connectivity index (χ4n) is 8.94. The summed E-state index contributed by atoms with van der Waals surface area (Å²) in [6, 6.07) is 0. The molecular weight excluding hydrogens is 913 g/mol. The zero-order valence-corrected chi connectivity index (χ0v) is 48.8. The Labute approximate surface area is 458 Å². The fraction of sp³-hybridized carbons (Fsp3) is 0.750. The van der Waals surface area contributed by atoms with Gasteiger partial charge in [-0.2, -0.15) is 0 Å². The first kappa shape index (κ1) is 70.6. The number of carbonyl (C=O) groups is 3. The molecule has 0 bridgehead atoms. The number of unbranched alkanes of at least 4 members (excludes halogenated alkanes) is 32. The van der Waals surface area contributed by atoms with Crippen LogP contribution in [0.5, 0.6) is 0 Å². The van der Waals surface area contributed by atoms with Crippen LogP contribution in [0.2, 0.25) is 0 Å². The maximum atomic E-state index is 12.8. The molecule has 0 saturated carbocycles. The lowest BCUT2D eigenvalue weighted by atomic mass is 10.0. The number of esters is 3. The Balaban J connectivity index is 4.35. The second-order valence-corrected chi connectivity index (χ2v) is 20.9. The first-order valence-corrected chi connectivity index (χ1v) is 31.6. The molecule has 6 heteroatoms. The van der Waals surface area contributed by atoms with Crippen molar-refractivity contribution in [3.8, 4) is 0 Å². The highest BCUT2D eigenvalue weighted by molar-refractivity contribution is 5.71. The Morgan fingerprint density at radius 2 is 0.554 bits per heavy atom. The van der Waals surface area contributed by atoms with Gasteiger partial charge in [0.15, 0.2) is 6.10 Å². The summed E-state index contributed by atoms with van der Waals surface area (Å²) in [5, 5.41) is 0. The summed E-state index contributed by atoms with van der Waals surface area (Å²) < 4.78 is 16.8. The number of rotatable bonds is 57. The number of hydrogen-bond donors (Lipinski definition) is 0. The van der Waals surface area contributed by atoms with E-state index in [2.05, 4.69) is 99.8 Å². The minimum atomic E-state index is -0.816. The maximum absolute atomic E-state index is 12.8. The van der Waals surface area contributed by atoms with Gasteiger partial charge in [0.05, 0.1) is 0 Å². The van der Waals surface area contributed by atoms with Crippen LogP contribution in [-0.2, 0) is 28.6 Å². The Bertz CT molecular complexity index is 1420. The van der Waals surface area contributed by atoms with E-state index in [4.69, 9.17) is 14.2 Å². The number of hydrogen-bond acceptors (Lipinski definition) is 6. The largest absolute Gasteiger partial charge is 0.462 e. The molecule has 74 heavy (non-hydrogen) atoms. The third kappa shape index (κ3) is 59.5. The first-order chi connectivity index (χ1) is 36.5. The highest BCUT2D eigenvalue weighted by Crippen LogP contribution is 2.16. The van der Waals surface area contributed by atoms with E-state index >= 15 is 0 Å². The normalized spacial score (nSPS) is 12.6. The molecule has 0 aromatic heterocycles. The average Bonchev–Trinajstić information content (AvgIpc) is 3.40. The van der Waals surface area contributed by atoms with E-state index in [0.717, 1.165) is 77.0 Å². The van der Waals surface area contributed by atoms with E-state index in [1.54, 1.807) is 0 Å². The van der Waals surface area contributed by atoms with E-state index in [0.29, 0.717) is 19.3 Å². The van der Waals surface area contributed by atoms with E-state index in [-0.39, 0.29) is 37.5 Å². The highest BCUT2D eigenvalue weighted by atomic mass is 16.6. The molecule has 0 saturated heterocycles. The van der Waals surface area contributed by atoms with Gasteiger partial charge in [0, 0.05) is 19.3 Å². The van der Waals surface area contributed by atoms with Gasteiger partial charge in [-0.25, -0.2) is 0 Å². The summed E-state index contributed by atoms with van der Waals surface area (Å²) in [5.41, 5.74) is 0. The molecule has 0 N–H and O–H groups in total. The van der Waals surface area contributed by atoms with Crippen LogP contribution in [-0.4, -0.2) is 37.2 Å². The van der Waals surface area contributed by atoms with Gasteiger partial charge in [0.1, 0.15) is 13.2 Å². The second-order valence-electron chi connectivity index (χ2n) is 20.9. The summed E-state index contributed by atoms with van der Waals surface area (Å²) in [5.74, 6) is -0.978. The van der Waals surface area contributed by atoms with Crippen molar-refractivity contribution < 1.29 is 28.6 Å². The number of carbonyl (C=O) groups excluding carboxylic acids is 3. The highest BCUT2D eigenvalue weighted by Gasteiger charge is 2.19. The SMILES string of the molecule is CC/C=C\C/C=C\C/C=C\C/C=C\C/C=C\C/C=C\CCC(=O)OC(COC(=O)CCCCCCCCCCCCCC)COC(=O)CCCCCCCCCCCCCCC/C=C\CCCCCCCCCC. The van der Waals surface area contributed by atoms with Gasteiger partial charge in [0.2, 0.25) is 0 Å². The zero-order chi connectivity index (χ0) is 53.6.